The first-order valence-corrected chi connectivity index (χ1v) is 9.96. The molecular formula is C22H27FN4O3. The first kappa shape index (κ1) is 21.4. The van der Waals surface area contributed by atoms with Gasteiger partial charge in [-0.1, -0.05) is 6.07 Å². The molecule has 1 aliphatic rings. The Kier molecular flexibility index (Phi) is 7.48. The highest BCUT2D eigenvalue weighted by molar-refractivity contribution is 5.94. The van der Waals surface area contributed by atoms with Crippen molar-refractivity contribution in [3.05, 3.63) is 53.8 Å². The minimum absolute atomic E-state index is 0.0508. The normalized spacial score (nSPS) is 14.4. The molecule has 0 fully saturated rings. The van der Waals surface area contributed by atoms with Crippen LogP contribution in [0.25, 0.3) is 0 Å². The molecule has 0 radical (unpaired) electrons. The molecule has 0 saturated heterocycles. The molecule has 160 valence electrons. The molecule has 2 aromatic carbocycles. The lowest BCUT2D eigenvalue weighted by molar-refractivity contribution is -0.116. The molecule has 1 heterocycles. The van der Waals surface area contributed by atoms with E-state index in [0.29, 0.717) is 37.8 Å². The second kappa shape index (κ2) is 10.5. The summed E-state index contributed by atoms with van der Waals surface area (Å²) >= 11 is 0. The van der Waals surface area contributed by atoms with E-state index >= 15 is 0 Å². The van der Waals surface area contributed by atoms with Crippen molar-refractivity contribution < 1.29 is 18.7 Å². The van der Waals surface area contributed by atoms with Gasteiger partial charge in [0, 0.05) is 25.2 Å². The highest BCUT2D eigenvalue weighted by Gasteiger charge is 2.15. The van der Waals surface area contributed by atoms with Crippen LogP contribution in [-0.2, 0) is 11.2 Å². The van der Waals surface area contributed by atoms with Gasteiger partial charge in [-0.15, -0.1) is 0 Å². The zero-order valence-corrected chi connectivity index (χ0v) is 17.2. The quantitative estimate of drug-likeness (QED) is 0.351. The molecule has 3 N–H and O–H groups in total. The number of carbonyl (C=O) groups excluding carboxylic acids is 1. The van der Waals surface area contributed by atoms with E-state index in [4.69, 9.17) is 9.47 Å². The first-order chi connectivity index (χ1) is 14.5. The van der Waals surface area contributed by atoms with Gasteiger partial charge in [0.1, 0.15) is 30.0 Å². The van der Waals surface area contributed by atoms with Crippen molar-refractivity contribution >= 4 is 17.6 Å². The molecule has 0 aromatic heterocycles. The second-order valence-electron chi connectivity index (χ2n) is 6.98. The van der Waals surface area contributed by atoms with Gasteiger partial charge in [0.05, 0.1) is 13.1 Å². The van der Waals surface area contributed by atoms with Crippen LogP contribution in [0.5, 0.6) is 11.5 Å². The van der Waals surface area contributed by atoms with Gasteiger partial charge in [-0.05, 0) is 49.2 Å². The Balaban J connectivity index is 1.37. The maximum atomic E-state index is 13.2. The number of carbonyl (C=O) groups is 1. The highest BCUT2D eigenvalue weighted by atomic mass is 19.1. The number of amides is 1. The first-order valence-electron chi connectivity index (χ1n) is 9.96. The van der Waals surface area contributed by atoms with Gasteiger partial charge in [0.25, 0.3) is 0 Å². The number of halogens is 1. The van der Waals surface area contributed by atoms with Gasteiger partial charge in [0.2, 0.25) is 5.91 Å². The van der Waals surface area contributed by atoms with Crippen LogP contribution < -0.4 is 25.4 Å². The number of ether oxygens (including phenoxy) is 2. The summed E-state index contributed by atoms with van der Waals surface area (Å²) in [5.74, 6) is 1.61. The summed E-state index contributed by atoms with van der Waals surface area (Å²) in [6.45, 7) is 3.42. The van der Waals surface area contributed by atoms with Crippen molar-refractivity contribution in [1.82, 2.24) is 10.6 Å². The topological polar surface area (TPSA) is 84.0 Å². The van der Waals surface area contributed by atoms with E-state index in [0.717, 1.165) is 23.4 Å². The minimum atomic E-state index is -0.325. The molecule has 0 aliphatic carbocycles. The van der Waals surface area contributed by atoms with Crippen molar-refractivity contribution in [2.75, 3.05) is 32.1 Å². The average molecular weight is 414 g/mol. The predicted octanol–water partition coefficient (Wildman–Crippen LogP) is 2.72. The van der Waals surface area contributed by atoms with Crippen LogP contribution in [0, 0.1) is 5.82 Å². The standard InChI is InChI=1S/C22H27FN4O3/c1-15(30-19-5-3-4-17(23)13-19)14-26-22(24-2)25-10-11-29-18-7-8-20-16(12-18)6-9-21(28)27-20/h3-5,7-8,12-13,15H,6,9-11,14H2,1-2H3,(H,27,28)(H2,24,25,26). The van der Waals surface area contributed by atoms with Crippen LogP contribution in [0.15, 0.2) is 47.5 Å². The zero-order valence-electron chi connectivity index (χ0n) is 17.2. The summed E-state index contributed by atoms with van der Waals surface area (Å²) in [5.41, 5.74) is 1.95. The molecule has 7 nitrogen and oxygen atoms in total. The summed E-state index contributed by atoms with van der Waals surface area (Å²) in [5, 5.41) is 9.21. The van der Waals surface area contributed by atoms with E-state index in [1.54, 1.807) is 19.2 Å². The number of hydrogen-bond acceptors (Lipinski definition) is 4. The van der Waals surface area contributed by atoms with Gasteiger partial charge < -0.3 is 25.4 Å². The molecule has 0 bridgehead atoms. The Morgan fingerprint density at radius 1 is 1.20 bits per heavy atom. The fourth-order valence-corrected chi connectivity index (χ4v) is 3.06. The monoisotopic (exact) mass is 414 g/mol. The number of nitrogens with zero attached hydrogens (tertiary/aromatic N) is 1. The van der Waals surface area contributed by atoms with E-state index < -0.39 is 0 Å². The summed E-state index contributed by atoms with van der Waals surface area (Å²) in [7, 11) is 1.69. The number of rotatable bonds is 8. The van der Waals surface area contributed by atoms with Gasteiger partial charge >= 0.3 is 0 Å². The maximum absolute atomic E-state index is 13.2. The van der Waals surface area contributed by atoms with Gasteiger partial charge in [-0.2, -0.15) is 0 Å². The van der Waals surface area contributed by atoms with Gasteiger partial charge in [-0.3, -0.25) is 9.79 Å². The number of benzene rings is 2. The number of nitrogens with one attached hydrogen (secondary N) is 3. The SMILES string of the molecule is CN=C(NCCOc1ccc2c(c1)CCC(=O)N2)NCC(C)Oc1cccc(F)c1. The Labute approximate surface area is 175 Å². The molecule has 1 atom stereocenters. The van der Waals surface area contributed by atoms with E-state index in [2.05, 4.69) is 20.9 Å². The lowest BCUT2D eigenvalue weighted by atomic mass is 10.0. The Hall–Kier alpha value is -3.29. The number of hydrogen-bond donors (Lipinski definition) is 3. The summed E-state index contributed by atoms with van der Waals surface area (Å²) < 4.78 is 24.7. The van der Waals surface area contributed by atoms with Crippen LogP contribution in [0.2, 0.25) is 0 Å². The van der Waals surface area contributed by atoms with Gasteiger partial charge in [-0.25, -0.2) is 4.39 Å². The minimum Gasteiger partial charge on any atom is -0.492 e. The summed E-state index contributed by atoms with van der Waals surface area (Å²) in [6, 6.07) is 11.8. The van der Waals surface area contributed by atoms with Crippen molar-refractivity contribution in [2.24, 2.45) is 4.99 Å². The number of anilines is 1. The molecule has 2 aromatic rings. The molecule has 0 spiro atoms. The molecule has 8 heteroatoms. The maximum Gasteiger partial charge on any atom is 0.224 e. The van der Waals surface area contributed by atoms with Crippen molar-refractivity contribution in [2.45, 2.75) is 25.9 Å². The Morgan fingerprint density at radius 2 is 2.07 bits per heavy atom. The Bertz CT molecular complexity index is 904. The lowest BCUT2D eigenvalue weighted by Crippen LogP contribution is -2.43. The van der Waals surface area contributed by atoms with E-state index in [-0.39, 0.29) is 17.8 Å². The van der Waals surface area contributed by atoms with E-state index in [9.17, 15) is 9.18 Å². The number of aryl methyl sites for hydroxylation is 1. The highest BCUT2D eigenvalue weighted by Crippen LogP contribution is 2.26. The van der Waals surface area contributed by atoms with E-state index in [1.165, 1.54) is 12.1 Å². The van der Waals surface area contributed by atoms with Crippen molar-refractivity contribution in [3.8, 4) is 11.5 Å². The largest absolute Gasteiger partial charge is 0.492 e. The van der Waals surface area contributed by atoms with Crippen molar-refractivity contribution in [3.63, 3.8) is 0 Å². The molecule has 3 rings (SSSR count). The second-order valence-corrected chi connectivity index (χ2v) is 6.98. The third-order valence-electron chi connectivity index (χ3n) is 4.55. The molecule has 1 amide bonds. The smallest absolute Gasteiger partial charge is 0.224 e. The summed E-state index contributed by atoms with van der Waals surface area (Å²) in [6.07, 6.45) is 1.06. The fourth-order valence-electron chi connectivity index (χ4n) is 3.06. The third-order valence-corrected chi connectivity index (χ3v) is 4.55. The van der Waals surface area contributed by atoms with E-state index in [1.807, 2.05) is 25.1 Å². The molecular weight excluding hydrogens is 387 g/mol. The van der Waals surface area contributed by atoms with Gasteiger partial charge in [0.15, 0.2) is 5.96 Å². The van der Waals surface area contributed by atoms with Crippen LogP contribution >= 0.6 is 0 Å². The van der Waals surface area contributed by atoms with Crippen LogP contribution in [-0.4, -0.2) is 44.7 Å². The fraction of sp³-hybridized carbons (Fsp3) is 0.364. The summed E-state index contributed by atoms with van der Waals surface area (Å²) in [4.78, 5) is 15.6. The number of fused-ring (bicyclic) bond motifs is 1. The zero-order chi connectivity index (χ0) is 21.3. The third kappa shape index (κ3) is 6.37. The number of guanidine groups is 1. The molecule has 1 aliphatic heterocycles. The van der Waals surface area contributed by atoms with Crippen molar-refractivity contribution in [1.29, 1.82) is 0 Å². The average Bonchev–Trinajstić information content (AvgIpc) is 2.73. The molecule has 1 unspecified atom stereocenters. The molecule has 30 heavy (non-hydrogen) atoms. The van der Waals surface area contributed by atoms with Crippen LogP contribution in [0.4, 0.5) is 10.1 Å². The lowest BCUT2D eigenvalue weighted by Gasteiger charge is -2.19. The molecule has 0 saturated carbocycles. The number of aliphatic imine (C=N–C) groups is 1. The van der Waals surface area contributed by atoms with Crippen LogP contribution in [0.1, 0.15) is 18.9 Å². The Morgan fingerprint density at radius 3 is 2.87 bits per heavy atom. The van der Waals surface area contributed by atoms with Crippen LogP contribution in [0.3, 0.4) is 0 Å². The predicted molar refractivity (Wildman–Crippen MR) is 115 cm³/mol.